The van der Waals surface area contributed by atoms with Crippen molar-refractivity contribution in [3.05, 3.63) is 50.7 Å². The fourth-order valence-corrected chi connectivity index (χ4v) is 3.11. The highest BCUT2D eigenvalue weighted by atomic mass is 35.5. The van der Waals surface area contributed by atoms with Gasteiger partial charge in [-0.05, 0) is 38.5 Å². The van der Waals surface area contributed by atoms with Crippen molar-refractivity contribution >= 4 is 52.7 Å². The second-order valence-electron chi connectivity index (χ2n) is 6.14. The van der Waals surface area contributed by atoms with Gasteiger partial charge >= 0.3 is 11.9 Å². The van der Waals surface area contributed by atoms with Gasteiger partial charge in [0, 0.05) is 10.0 Å². The Morgan fingerprint density at radius 2 is 1.80 bits per heavy atom. The molecule has 0 aliphatic rings. The number of furan rings is 1. The largest absolute Gasteiger partial charge is 0.462 e. The van der Waals surface area contributed by atoms with E-state index in [1.165, 1.54) is 19.9 Å². The summed E-state index contributed by atoms with van der Waals surface area (Å²) in [5.74, 6) is -2.80. The van der Waals surface area contributed by atoms with Crippen molar-refractivity contribution in [3.8, 4) is 0 Å². The first-order chi connectivity index (χ1) is 14.1. The number of rotatable bonds is 8. The van der Waals surface area contributed by atoms with Gasteiger partial charge in [-0.1, -0.05) is 29.3 Å². The highest BCUT2D eigenvalue weighted by Crippen LogP contribution is 2.28. The summed E-state index contributed by atoms with van der Waals surface area (Å²) in [7, 11) is 0. The Balaban J connectivity index is 2.05. The van der Waals surface area contributed by atoms with Gasteiger partial charge in [-0.15, -0.1) is 0 Å². The van der Waals surface area contributed by atoms with Crippen LogP contribution in [0, 0.1) is 6.92 Å². The van der Waals surface area contributed by atoms with Gasteiger partial charge in [0.1, 0.15) is 11.3 Å². The molecule has 0 fully saturated rings. The third-order valence-electron chi connectivity index (χ3n) is 3.88. The van der Waals surface area contributed by atoms with Crippen LogP contribution in [0.1, 0.15) is 45.9 Å². The van der Waals surface area contributed by atoms with Crippen molar-refractivity contribution in [1.29, 1.82) is 0 Å². The van der Waals surface area contributed by atoms with Crippen LogP contribution in [0.25, 0.3) is 0 Å². The van der Waals surface area contributed by atoms with Crippen molar-refractivity contribution < 1.29 is 33.1 Å². The molecule has 0 bridgehead atoms. The molecule has 8 nitrogen and oxygen atoms in total. The molecule has 0 radical (unpaired) electrons. The van der Waals surface area contributed by atoms with E-state index in [1.54, 1.807) is 19.1 Å². The molecular weight excluding hydrogens is 437 g/mol. The molecule has 10 heteroatoms. The molecule has 0 aliphatic heterocycles. The van der Waals surface area contributed by atoms with Crippen LogP contribution in [-0.4, -0.2) is 36.8 Å². The van der Waals surface area contributed by atoms with Crippen LogP contribution >= 0.6 is 23.2 Å². The second kappa shape index (κ2) is 10.3. The van der Waals surface area contributed by atoms with Crippen LogP contribution in [-0.2, 0) is 25.5 Å². The van der Waals surface area contributed by atoms with E-state index in [4.69, 9.17) is 37.1 Å². The number of hydrogen-bond donors (Lipinski definition) is 1. The number of benzene rings is 1. The maximum absolute atomic E-state index is 12.2. The minimum absolute atomic E-state index is 0.0122. The monoisotopic (exact) mass is 455 g/mol. The molecular formula is C20H19Cl2NO7. The molecule has 0 atom stereocenters. The van der Waals surface area contributed by atoms with Crippen LogP contribution in [0.15, 0.2) is 22.6 Å². The van der Waals surface area contributed by atoms with Gasteiger partial charge in [0.2, 0.25) is 5.88 Å². The number of hydrogen-bond acceptors (Lipinski definition) is 7. The van der Waals surface area contributed by atoms with E-state index < -0.39 is 30.2 Å². The molecule has 0 saturated heterocycles. The fourth-order valence-electron chi connectivity index (χ4n) is 2.64. The Morgan fingerprint density at radius 1 is 1.10 bits per heavy atom. The molecule has 1 N–H and O–H groups in total. The molecule has 0 unspecified atom stereocenters. The zero-order valence-electron chi connectivity index (χ0n) is 16.5. The zero-order chi connectivity index (χ0) is 22.4. The number of carbonyl (C=O) groups excluding carboxylic acids is 4. The minimum Gasteiger partial charge on any atom is -0.462 e. The number of aryl methyl sites for hydroxylation is 1. The lowest BCUT2D eigenvalue weighted by atomic mass is 10.1. The van der Waals surface area contributed by atoms with Gasteiger partial charge in [-0.25, -0.2) is 4.79 Å². The van der Waals surface area contributed by atoms with E-state index in [2.05, 4.69) is 5.32 Å². The first kappa shape index (κ1) is 23.4. The summed E-state index contributed by atoms with van der Waals surface area (Å²) in [4.78, 5) is 48.2. The average Bonchev–Trinajstić information content (AvgIpc) is 2.98. The third kappa shape index (κ3) is 5.84. The molecule has 0 saturated carbocycles. The molecule has 1 aromatic carbocycles. The van der Waals surface area contributed by atoms with E-state index in [0.29, 0.717) is 15.6 Å². The van der Waals surface area contributed by atoms with Crippen LogP contribution in [0.2, 0.25) is 10.0 Å². The molecule has 160 valence electrons. The predicted octanol–water partition coefficient (Wildman–Crippen LogP) is 4.00. The number of ketones is 1. The highest BCUT2D eigenvalue weighted by molar-refractivity contribution is 6.35. The second-order valence-corrected chi connectivity index (χ2v) is 6.98. The molecule has 2 rings (SSSR count). The summed E-state index contributed by atoms with van der Waals surface area (Å²) in [6.07, 6.45) is -0.161. The summed E-state index contributed by atoms with van der Waals surface area (Å²) in [5, 5.41) is 3.05. The molecule has 1 heterocycles. The number of halogens is 2. The number of amides is 1. The lowest BCUT2D eigenvalue weighted by Gasteiger charge is -2.08. The number of anilines is 1. The Labute approximate surface area is 182 Å². The third-order valence-corrected chi connectivity index (χ3v) is 4.47. The standard InChI is InChI=1S/C20H19Cl2NO7/c1-4-28-20(27)18-17(10(2)24)11(3)30-19(18)23-15(25)9-29-16(26)7-12-5-6-13(21)8-14(12)22/h5-6,8H,4,7,9H2,1-3H3,(H,23,25). The smallest absolute Gasteiger partial charge is 0.344 e. The first-order valence-corrected chi connectivity index (χ1v) is 9.60. The van der Waals surface area contributed by atoms with Crippen molar-refractivity contribution in [2.75, 3.05) is 18.5 Å². The van der Waals surface area contributed by atoms with Crippen molar-refractivity contribution in [2.45, 2.75) is 27.2 Å². The van der Waals surface area contributed by atoms with Gasteiger partial charge in [0.15, 0.2) is 12.4 Å². The zero-order valence-corrected chi connectivity index (χ0v) is 18.0. The van der Waals surface area contributed by atoms with Gasteiger partial charge < -0.3 is 13.9 Å². The summed E-state index contributed by atoms with van der Waals surface area (Å²) in [6.45, 7) is 3.77. The normalized spacial score (nSPS) is 10.4. The SMILES string of the molecule is CCOC(=O)c1c(NC(=O)COC(=O)Cc2ccc(Cl)cc2Cl)oc(C)c1C(C)=O. The van der Waals surface area contributed by atoms with E-state index in [1.807, 2.05) is 0 Å². The van der Waals surface area contributed by atoms with Gasteiger partial charge in [-0.3, -0.25) is 19.7 Å². The highest BCUT2D eigenvalue weighted by Gasteiger charge is 2.28. The quantitative estimate of drug-likeness (QED) is 0.472. The van der Waals surface area contributed by atoms with Crippen molar-refractivity contribution in [2.24, 2.45) is 0 Å². The minimum atomic E-state index is -0.816. The van der Waals surface area contributed by atoms with E-state index in [-0.39, 0.29) is 35.8 Å². The maximum Gasteiger partial charge on any atom is 0.344 e. The van der Waals surface area contributed by atoms with Crippen LogP contribution < -0.4 is 5.32 Å². The number of Topliss-reactive ketones (excluding diaryl/α,β-unsaturated/α-hetero) is 1. The summed E-state index contributed by atoms with van der Waals surface area (Å²) < 4.78 is 15.2. The first-order valence-electron chi connectivity index (χ1n) is 8.84. The predicted molar refractivity (Wildman–Crippen MR) is 109 cm³/mol. The average molecular weight is 456 g/mol. The van der Waals surface area contributed by atoms with E-state index in [0.717, 1.165) is 0 Å². The van der Waals surface area contributed by atoms with Crippen LogP contribution in [0.4, 0.5) is 5.88 Å². The Morgan fingerprint density at radius 3 is 2.40 bits per heavy atom. The van der Waals surface area contributed by atoms with E-state index in [9.17, 15) is 19.2 Å². The molecule has 0 aliphatic carbocycles. The number of nitrogens with one attached hydrogen (secondary N) is 1. The topological polar surface area (TPSA) is 112 Å². The number of esters is 2. The summed E-state index contributed by atoms with van der Waals surface area (Å²) in [5.41, 5.74) is 0.316. The Bertz CT molecular complexity index is 997. The molecule has 1 aromatic heterocycles. The van der Waals surface area contributed by atoms with Crippen molar-refractivity contribution in [1.82, 2.24) is 0 Å². The van der Waals surface area contributed by atoms with Crippen LogP contribution in [0.5, 0.6) is 0 Å². The lowest BCUT2D eigenvalue weighted by molar-refractivity contribution is -0.146. The molecule has 30 heavy (non-hydrogen) atoms. The molecule has 2 aromatic rings. The lowest BCUT2D eigenvalue weighted by Crippen LogP contribution is -2.23. The Hall–Kier alpha value is -2.84. The van der Waals surface area contributed by atoms with Gasteiger partial charge in [0.25, 0.3) is 5.91 Å². The summed E-state index contributed by atoms with van der Waals surface area (Å²) >= 11 is 11.8. The fraction of sp³-hybridized carbons (Fsp3) is 0.300. The number of carbonyl (C=O) groups is 4. The molecule has 1 amide bonds. The molecule has 0 spiro atoms. The van der Waals surface area contributed by atoms with Crippen molar-refractivity contribution in [3.63, 3.8) is 0 Å². The number of ether oxygens (including phenoxy) is 2. The Kier molecular flexibility index (Phi) is 8.02. The summed E-state index contributed by atoms with van der Waals surface area (Å²) in [6, 6.07) is 4.64. The van der Waals surface area contributed by atoms with E-state index >= 15 is 0 Å². The van der Waals surface area contributed by atoms with Gasteiger partial charge in [-0.2, -0.15) is 0 Å². The van der Waals surface area contributed by atoms with Crippen LogP contribution in [0.3, 0.4) is 0 Å². The maximum atomic E-state index is 12.2. The van der Waals surface area contributed by atoms with Gasteiger partial charge in [0.05, 0.1) is 18.6 Å².